The molecule has 0 saturated carbocycles. The van der Waals surface area contributed by atoms with Crippen LogP contribution in [-0.4, -0.2) is 39.7 Å². The van der Waals surface area contributed by atoms with E-state index in [1.165, 1.54) is 10.9 Å². The highest BCUT2D eigenvalue weighted by atomic mass is 16.2. The van der Waals surface area contributed by atoms with Crippen molar-refractivity contribution in [2.24, 2.45) is 5.92 Å². The summed E-state index contributed by atoms with van der Waals surface area (Å²) in [5, 5.41) is 13.2. The molecule has 0 bridgehead atoms. The summed E-state index contributed by atoms with van der Waals surface area (Å²) in [5.41, 5.74) is 5.79. The van der Waals surface area contributed by atoms with E-state index in [9.17, 15) is 9.59 Å². The van der Waals surface area contributed by atoms with E-state index in [4.69, 9.17) is 5.10 Å². The van der Waals surface area contributed by atoms with Crippen molar-refractivity contribution < 1.29 is 9.59 Å². The van der Waals surface area contributed by atoms with Crippen LogP contribution in [0.3, 0.4) is 0 Å². The highest BCUT2D eigenvalue weighted by Gasteiger charge is 2.24. The van der Waals surface area contributed by atoms with E-state index in [1.54, 1.807) is 4.68 Å². The SMILES string of the molecule is Cc1ccc(-n2nc(C(C)(C)C)cc2NC(=O)Nc2cccc(CC3CCN(C(=O)Cc4cccc5ccccc45)CC3)c2)cc1. The number of fused-ring (bicyclic) bond motifs is 1. The number of hydrogen-bond acceptors (Lipinski definition) is 3. The van der Waals surface area contributed by atoms with Gasteiger partial charge in [-0.3, -0.25) is 10.1 Å². The lowest BCUT2D eigenvalue weighted by Crippen LogP contribution is -2.39. The minimum atomic E-state index is -0.316. The zero-order chi connectivity index (χ0) is 32.3. The van der Waals surface area contributed by atoms with Crippen molar-refractivity contribution in [3.8, 4) is 5.69 Å². The summed E-state index contributed by atoms with van der Waals surface area (Å²) in [6, 6.07) is 32.2. The lowest BCUT2D eigenvalue weighted by molar-refractivity contribution is -0.131. The fourth-order valence-corrected chi connectivity index (χ4v) is 6.22. The number of nitrogens with one attached hydrogen (secondary N) is 2. The van der Waals surface area contributed by atoms with Gasteiger partial charge in [0.25, 0.3) is 0 Å². The van der Waals surface area contributed by atoms with Crippen molar-refractivity contribution in [2.75, 3.05) is 23.7 Å². The van der Waals surface area contributed by atoms with E-state index in [2.05, 4.69) is 67.8 Å². The molecule has 1 fully saturated rings. The number of carbonyl (C=O) groups is 2. The maximum Gasteiger partial charge on any atom is 0.324 e. The molecule has 2 heterocycles. The second kappa shape index (κ2) is 13.2. The standard InChI is InChI=1S/C39H43N5O2/c1-27-15-17-33(18-16-27)44-36(26-35(42-44)39(2,3)4)41-38(46)40-32-13-7-9-29(24-32)23-28-19-21-43(22-20-28)37(45)25-31-12-8-11-30-10-5-6-14-34(30)31/h5-18,24,26,28H,19-23,25H2,1-4H3,(H2,40,41,46). The van der Waals surface area contributed by atoms with Gasteiger partial charge in [-0.05, 0) is 78.3 Å². The Kier molecular flexibility index (Phi) is 8.93. The van der Waals surface area contributed by atoms with Crippen LogP contribution in [0.1, 0.15) is 56.0 Å². The molecule has 6 rings (SSSR count). The van der Waals surface area contributed by atoms with Crippen LogP contribution in [0.2, 0.25) is 0 Å². The van der Waals surface area contributed by atoms with Crippen LogP contribution in [0.5, 0.6) is 0 Å². The molecule has 236 valence electrons. The fraction of sp³-hybridized carbons (Fsp3) is 0.308. The first-order valence-electron chi connectivity index (χ1n) is 16.2. The molecule has 0 aliphatic carbocycles. The Morgan fingerprint density at radius 3 is 2.33 bits per heavy atom. The fourth-order valence-electron chi connectivity index (χ4n) is 6.22. The normalized spacial score (nSPS) is 14.0. The number of likely N-dealkylation sites (tertiary alicyclic amines) is 1. The van der Waals surface area contributed by atoms with Crippen LogP contribution in [0.4, 0.5) is 16.3 Å². The minimum Gasteiger partial charge on any atom is -0.342 e. The first-order chi connectivity index (χ1) is 22.1. The summed E-state index contributed by atoms with van der Waals surface area (Å²) in [4.78, 5) is 28.4. The Morgan fingerprint density at radius 2 is 1.57 bits per heavy atom. The van der Waals surface area contributed by atoms with E-state index < -0.39 is 0 Å². The summed E-state index contributed by atoms with van der Waals surface area (Å²) in [6.45, 7) is 9.93. The maximum absolute atomic E-state index is 13.2. The van der Waals surface area contributed by atoms with Gasteiger partial charge in [0.2, 0.25) is 5.91 Å². The summed E-state index contributed by atoms with van der Waals surface area (Å²) >= 11 is 0. The Labute approximate surface area is 271 Å². The highest BCUT2D eigenvalue weighted by molar-refractivity contribution is 5.99. The third-order valence-corrected chi connectivity index (χ3v) is 8.90. The van der Waals surface area contributed by atoms with Crippen molar-refractivity contribution >= 4 is 34.2 Å². The number of urea groups is 1. The molecule has 0 radical (unpaired) electrons. The third-order valence-electron chi connectivity index (χ3n) is 8.90. The summed E-state index contributed by atoms with van der Waals surface area (Å²) < 4.78 is 1.79. The van der Waals surface area contributed by atoms with Crippen LogP contribution in [0.25, 0.3) is 16.5 Å². The van der Waals surface area contributed by atoms with Gasteiger partial charge in [0.1, 0.15) is 5.82 Å². The number of benzene rings is 4. The quantitative estimate of drug-likeness (QED) is 0.194. The summed E-state index contributed by atoms with van der Waals surface area (Å²) in [7, 11) is 0. The van der Waals surface area contributed by atoms with Gasteiger partial charge in [0, 0.05) is 30.3 Å². The average molecular weight is 614 g/mol. The zero-order valence-electron chi connectivity index (χ0n) is 27.2. The van der Waals surface area contributed by atoms with E-state index in [1.807, 2.05) is 72.5 Å². The Balaban J connectivity index is 1.05. The first kappa shape index (κ1) is 31.1. The van der Waals surface area contributed by atoms with Gasteiger partial charge in [0.15, 0.2) is 0 Å². The zero-order valence-corrected chi connectivity index (χ0v) is 27.2. The minimum absolute atomic E-state index is 0.169. The smallest absolute Gasteiger partial charge is 0.324 e. The number of nitrogens with zero attached hydrogens (tertiary/aromatic N) is 3. The number of aryl methyl sites for hydroxylation is 1. The summed E-state index contributed by atoms with van der Waals surface area (Å²) in [6.07, 6.45) is 3.29. The summed E-state index contributed by atoms with van der Waals surface area (Å²) in [5.74, 6) is 1.31. The number of anilines is 2. The van der Waals surface area contributed by atoms with Gasteiger partial charge in [-0.2, -0.15) is 5.10 Å². The molecule has 0 spiro atoms. The Morgan fingerprint density at radius 1 is 0.848 bits per heavy atom. The molecule has 1 aliphatic rings. The Hall–Kier alpha value is -4.91. The predicted molar refractivity (Wildman–Crippen MR) is 187 cm³/mol. The molecule has 1 saturated heterocycles. The van der Waals surface area contributed by atoms with E-state index >= 15 is 0 Å². The van der Waals surface area contributed by atoms with E-state index in [0.29, 0.717) is 18.2 Å². The van der Waals surface area contributed by atoms with Crippen LogP contribution in [-0.2, 0) is 23.1 Å². The monoisotopic (exact) mass is 613 g/mol. The second-order valence-corrected chi connectivity index (χ2v) is 13.5. The Bertz CT molecular complexity index is 1840. The molecule has 1 aromatic heterocycles. The molecule has 0 atom stereocenters. The first-order valence-corrected chi connectivity index (χ1v) is 16.2. The molecule has 7 nitrogen and oxygen atoms in total. The lowest BCUT2D eigenvalue weighted by atomic mass is 9.89. The van der Waals surface area contributed by atoms with Crippen LogP contribution >= 0.6 is 0 Å². The average Bonchev–Trinajstić information content (AvgIpc) is 3.46. The van der Waals surface area contributed by atoms with Crippen molar-refractivity contribution in [2.45, 2.75) is 58.8 Å². The number of aromatic nitrogens is 2. The molecule has 2 N–H and O–H groups in total. The predicted octanol–water partition coefficient (Wildman–Crippen LogP) is 8.30. The maximum atomic E-state index is 13.2. The number of carbonyl (C=O) groups excluding carboxylic acids is 2. The molecule has 0 unspecified atom stereocenters. The van der Waals surface area contributed by atoms with Crippen LogP contribution in [0.15, 0.2) is 97.1 Å². The van der Waals surface area contributed by atoms with Crippen LogP contribution < -0.4 is 10.6 Å². The number of amides is 3. The molecular formula is C39H43N5O2. The molecule has 1 aliphatic heterocycles. The largest absolute Gasteiger partial charge is 0.342 e. The van der Waals surface area contributed by atoms with Gasteiger partial charge in [-0.25, -0.2) is 9.48 Å². The van der Waals surface area contributed by atoms with Gasteiger partial charge in [-0.1, -0.05) is 93.1 Å². The lowest BCUT2D eigenvalue weighted by Gasteiger charge is -2.32. The van der Waals surface area contributed by atoms with Gasteiger partial charge in [-0.15, -0.1) is 0 Å². The molecule has 4 aromatic carbocycles. The van der Waals surface area contributed by atoms with Gasteiger partial charge >= 0.3 is 6.03 Å². The molecule has 3 amide bonds. The molecule has 5 aromatic rings. The van der Waals surface area contributed by atoms with Gasteiger partial charge in [0.05, 0.1) is 17.8 Å². The molecule has 46 heavy (non-hydrogen) atoms. The van der Waals surface area contributed by atoms with E-state index in [0.717, 1.165) is 65.9 Å². The second-order valence-electron chi connectivity index (χ2n) is 13.5. The number of rotatable bonds is 7. The topological polar surface area (TPSA) is 79.3 Å². The molecule has 7 heteroatoms. The van der Waals surface area contributed by atoms with Crippen molar-refractivity contribution in [1.82, 2.24) is 14.7 Å². The van der Waals surface area contributed by atoms with Crippen molar-refractivity contribution in [1.29, 1.82) is 0 Å². The highest BCUT2D eigenvalue weighted by Crippen LogP contribution is 2.28. The van der Waals surface area contributed by atoms with Crippen LogP contribution in [0, 0.1) is 12.8 Å². The van der Waals surface area contributed by atoms with Gasteiger partial charge < -0.3 is 10.2 Å². The van der Waals surface area contributed by atoms with Crippen molar-refractivity contribution in [3.63, 3.8) is 0 Å². The van der Waals surface area contributed by atoms with Crippen molar-refractivity contribution in [3.05, 3.63) is 119 Å². The molecular weight excluding hydrogens is 570 g/mol. The number of piperidine rings is 1. The third kappa shape index (κ3) is 7.31. The van der Waals surface area contributed by atoms with E-state index in [-0.39, 0.29) is 17.4 Å². The number of hydrogen-bond donors (Lipinski definition) is 2.